The van der Waals surface area contributed by atoms with E-state index in [9.17, 15) is 9.90 Å². The molecule has 3 N–H and O–H groups in total. The number of ether oxygens (including phenoxy) is 1. The van der Waals surface area contributed by atoms with Crippen molar-refractivity contribution in [2.24, 2.45) is 0 Å². The van der Waals surface area contributed by atoms with Gasteiger partial charge in [0.2, 0.25) is 5.91 Å². The molecule has 1 heterocycles. The molecule has 0 aliphatic carbocycles. The Bertz CT molecular complexity index is 237. The first-order valence-electron chi connectivity index (χ1n) is 5.55. The fourth-order valence-corrected chi connectivity index (χ4v) is 1.54. The standard InChI is InChI=1S/C11H20N2O3/c1-2-5-12-8-10(14)13-9-11(15)3-6-16-7-4-11/h2,12,15H,1,3-9H2,(H,13,14). The summed E-state index contributed by atoms with van der Waals surface area (Å²) in [4.78, 5) is 11.4. The van der Waals surface area contributed by atoms with E-state index < -0.39 is 5.60 Å². The van der Waals surface area contributed by atoms with Gasteiger partial charge in [0.1, 0.15) is 0 Å². The Balaban J connectivity index is 2.17. The minimum absolute atomic E-state index is 0.109. The zero-order chi connectivity index (χ0) is 11.9. The Hall–Kier alpha value is -0.910. The third-order valence-corrected chi connectivity index (χ3v) is 2.61. The third-order valence-electron chi connectivity index (χ3n) is 2.61. The first-order chi connectivity index (χ1) is 7.66. The van der Waals surface area contributed by atoms with Crippen LogP contribution >= 0.6 is 0 Å². The summed E-state index contributed by atoms with van der Waals surface area (Å²) in [7, 11) is 0. The van der Waals surface area contributed by atoms with Crippen molar-refractivity contribution in [1.82, 2.24) is 10.6 Å². The molecule has 0 saturated carbocycles. The Morgan fingerprint density at radius 3 is 2.81 bits per heavy atom. The van der Waals surface area contributed by atoms with E-state index in [4.69, 9.17) is 4.74 Å². The average Bonchev–Trinajstić information content (AvgIpc) is 2.28. The molecule has 1 rings (SSSR count). The molecule has 0 bridgehead atoms. The van der Waals surface area contributed by atoms with E-state index in [0.717, 1.165) is 0 Å². The number of carbonyl (C=O) groups is 1. The van der Waals surface area contributed by atoms with Gasteiger partial charge >= 0.3 is 0 Å². The summed E-state index contributed by atoms with van der Waals surface area (Å²) in [5.41, 5.74) is -0.799. The lowest BCUT2D eigenvalue weighted by Gasteiger charge is -2.32. The second kappa shape index (κ2) is 6.62. The molecule has 16 heavy (non-hydrogen) atoms. The highest BCUT2D eigenvalue weighted by atomic mass is 16.5. The van der Waals surface area contributed by atoms with Crippen LogP contribution < -0.4 is 10.6 Å². The van der Waals surface area contributed by atoms with Crippen molar-refractivity contribution in [3.63, 3.8) is 0 Å². The molecule has 1 fully saturated rings. The summed E-state index contributed by atoms with van der Waals surface area (Å²) in [6.07, 6.45) is 2.85. The van der Waals surface area contributed by atoms with Crippen molar-refractivity contribution >= 4 is 5.91 Å². The topological polar surface area (TPSA) is 70.6 Å². The smallest absolute Gasteiger partial charge is 0.234 e. The Morgan fingerprint density at radius 1 is 1.50 bits per heavy atom. The highest BCUT2D eigenvalue weighted by molar-refractivity contribution is 5.78. The van der Waals surface area contributed by atoms with Crippen LogP contribution in [0.1, 0.15) is 12.8 Å². The number of hydrogen-bond acceptors (Lipinski definition) is 4. The molecule has 92 valence electrons. The van der Waals surface area contributed by atoms with Gasteiger partial charge in [-0.2, -0.15) is 0 Å². The average molecular weight is 228 g/mol. The number of amides is 1. The zero-order valence-electron chi connectivity index (χ0n) is 9.50. The fraction of sp³-hybridized carbons (Fsp3) is 0.727. The zero-order valence-corrected chi connectivity index (χ0v) is 9.50. The van der Waals surface area contributed by atoms with Gasteiger partial charge in [-0.25, -0.2) is 0 Å². The predicted octanol–water partition coefficient (Wildman–Crippen LogP) is -0.580. The van der Waals surface area contributed by atoms with Gasteiger partial charge in [0.05, 0.1) is 12.1 Å². The molecule has 0 spiro atoms. The van der Waals surface area contributed by atoms with Crippen molar-refractivity contribution in [2.45, 2.75) is 18.4 Å². The SMILES string of the molecule is C=CCNCC(=O)NCC1(O)CCOCC1. The summed E-state index contributed by atoms with van der Waals surface area (Å²) in [5, 5.41) is 15.7. The maximum atomic E-state index is 11.4. The summed E-state index contributed by atoms with van der Waals surface area (Å²) < 4.78 is 5.16. The Morgan fingerprint density at radius 2 is 2.19 bits per heavy atom. The van der Waals surface area contributed by atoms with E-state index in [2.05, 4.69) is 17.2 Å². The van der Waals surface area contributed by atoms with Gasteiger partial charge < -0.3 is 20.5 Å². The number of carbonyl (C=O) groups excluding carboxylic acids is 1. The van der Waals surface area contributed by atoms with Crippen molar-refractivity contribution in [2.75, 3.05) is 32.8 Å². The van der Waals surface area contributed by atoms with E-state index in [1.165, 1.54) is 0 Å². The van der Waals surface area contributed by atoms with Crippen LogP contribution in [0.25, 0.3) is 0 Å². The van der Waals surface area contributed by atoms with Crippen LogP contribution in [-0.2, 0) is 9.53 Å². The quantitative estimate of drug-likeness (QED) is 0.420. The van der Waals surface area contributed by atoms with E-state index >= 15 is 0 Å². The number of rotatable bonds is 6. The molecule has 5 nitrogen and oxygen atoms in total. The van der Waals surface area contributed by atoms with Gasteiger partial charge in [-0.15, -0.1) is 6.58 Å². The molecule has 1 aliphatic heterocycles. The monoisotopic (exact) mass is 228 g/mol. The van der Waals surface area contributed by atoms with Gasteiger partial charge in [-0.1, -0.05) is 6.08 Å². The second-order valence-corrected chi connectivity index (χ2v) is 4.03. The lowest BCUT2D eigenvalue weighted by atomic mass is 9.94. The minimum Gasteiger partial charge on any atom is -0.388 e. The van der Waals surface area contributed by atoms with Gasteiger partial charge in [0.25, 0.3) is 0 Å². The highest BCUT2D eigenvalue weighted by Crippen LogP contribution is 2.18. The predicted molar refractivity (Wildman–Crippen MR) is 61.1 cm³/mol. The van der Waals surface area contributed by atoms with E-state index in [1.54, 1.807) is 6.08 Å². The maximum Gasteiger partial charge on any atom is 0.234 e. The highest BCUT2D eigenvalue weighted by Gasteiger charge is 2.29. The third kappa shape index (κ3) is 4.74. The molecule has 0 unspecified atom stereocenters. The van der Waals surface area contributed by atoms with Crippen LogP contribution in [0.4, 0.5) is 0 Å². The molecule has 1 aliphatic rings. The lowest BCUT2D eigenvalue weighted by Crippen LogP contribution is -2.48. The Kier molecular flexibility index (Phi) is 5.45. The van der Waals surface area contributed by atoms with Gasteiger partial charge in [0.15, 0.2) is 0 Å². The molecular weight excluding hydrogens is 208 g/mol. The van der Waals surface area contributed by atoms with Crippen LogP contribution in [-0.4, -0.2) is 49.5 Å². The minimum atomic E-state index is -0.799. The maximum absolute atomic E-state index is 11.4. The summed E-state index contributed by atoms with van der Waals surface area (Å²) in [6.45, 7) is 5.80. The van der Waals surface area contributed by atoms with Crippen molar-refractivity contribution < 1.29 is 14.6 Å². The van der Waals surface area contributed by atoms with E-state index in [1.807, 2.05) is 0 Å². The van der Waals surface area contributed by atoms with Crippen LogP contribution in [0.15, 0.2) is 12.7 Å². The molecule has 5 heteroatoms. The molecule has 0 aromatic rings. The van der Waals surface area contributed by atoms with Crippen LogP contribution in [0.2, 0.25) is 0 Å². The number of hydrogen-bond donors (Lipinski definition) is 3. The molecule has 0 atom stereocenters. The van der Waals surface area contributed by atoms with E-state index in [-0.39, 0.29) is 12.5 Å². The molecule has 1 saturated heterocycles. The van der Waals surface area contributed by atoms with Crippen molar-refractivity contribution in [1.29, 1.82) is 0 Å². The fourth-order valence-electron chi connectivity index (χ4n) is 1.54. The summed E-state index contributed by atoms with van der Waals surface area (Å²) >= 11 is 0. The van der Waals surface area contributed by atoms with Gasteiger partial charge in [0, 0.05) is 39.1 Å². The first-order valence-corrected chi connectivity index (χ1v) is 5.55. The summed E-state index contributed by atoms with van der Waals surface area (Å²) in [5.74, 6) is -0.109. The molecule has 0 radical (unpaired) electrons. The van der Waals surface area contributed by atoms with Crippen molar-refractivity contribution in [3.8, 4) is 0 Å². The second-order valence-electron chi connectivity index (χ2n) is 4.03. The van der Waals surface area contributed by atoms with E-state index in [0.29, 0.717) is 39.1 Å². The van der Waals surface area contributed by atoms with Crippen LogP contribution in [0.3, 0.4) is 0 Å². The molecular formula is C11H20N2O3. The lowest BCUT2D eigenvalue weighted by molar-refractivity contribution is -0.123. The molecule has 0 aromatic heterocycles. The molecule has 0 aromatic carbocycles. The van der Waals surface area contributed by atoms with Crippen LogP contribution in [0, 0.1) is 0 Å². The van der Waals surface area contributed by atoms with Gasteiger partial charge in [-0.05, 0) is 0 Å². The number of nitrogens with one attached hydrogen (secondary N) is 2. The Labute approximate surface area is 95.9 Å². The van der Waals surface area contributed by atoms with Crippen LogP contribution in [0.5, 0.6) is 0 Å². The van der Waals surface area contributed by atoms with Gasteiger partial charge in [-0.3, -0.25) is 4.79 Å². The largest absolute Gasteiger partial charge is 0.388 e. The number of aliphatic hydroxyl groups is 1. The van der Waals surface area contributed by atoms with Crippen molar-refractivity contribution in [3.05, 3.63) is 12.7 Å². The normalized spacial score (nSPS) is 19.1. The summed E-state index contributed by atoms with van der Waals surface area (Å²) in [6, 6.07) is 0. The first kappa shape index (κ1) is 13.2. The molecule has 1 amide bonds.